The van der Waals surface area contributed by atoms with E-state index in [1.165, 1.54) is 56.5 Å². The molecule has 0 bridgehead atoms. The molecule has 4 saturated heterocycles. The van der Waals surface area contributed by atoms with Gasteiger partial charge in [-0.25, -0.2) is 5.43 Å². The predicted molar refractivity (Wildman–Crippen MR) is 140 cm³/mol. The minimum absolute atomic E-state index is 0.542. The van der Waals surface area contributed by atoms with Crippen molar-refractivity contribution in [3.63, 3.8) is 0 Å². The van der Waals surface area contributed by atoms with Gasteiger partial charge in [0, 0.05) is 39.3 Å². The van der Waals surface area contributed by atoms with Crippen molar-refractivity contribution in [3.05, 3.63) is 37.2 Å². The summed E-state index contributed by atoms with van der Waals surface area (Å²) in [5.41, 5.74) is 5.87. The van der Waals surface area contributed by atoms with Crippen LogP contribution in [0.15, 0.2) is 37.2 Å². The summed E-state index contributed by atoms with van der Waals surface area (Å²) in [5, 5.41) is 15.5. The molecule has 0 spiro atoms. The van der Waals surface area contributed by atoms with Crippen LogP contribution in [0.4, 0.5) is 0 Å². The van der Waals surface area contributed by atoms with Crippen LogP contribution in [0.3, 0.4) is 0 Å². The lowest BCUT2D eigenvalue weighted by molar-refractivity contribution is 0.576. The second-order valence-electron chi connectivity index (χ2n) is 7.97. The highest BCUT2D eigenvalue weighted by Crippen LogP contribution is 2.20. The molecule has 4 heterocycles. The molecule has 31 heavy (non-hydrogen) atoms. The molecule has 4 aliphatic heterocycles. The summed E-state index contributed by atoms with van der Waals surface area (Å²) in [7, 11) is 0.542. The number of hydrogen-bond donors (Lipinski definition) is 7. The van der Waals surface area contributed by atoms with Crippen molar-refractivity contribution >= 4 is 16.4 Å². The molecule has 0 aromatic carbocycles. The SMILES string of the molecule is C=C1NCCCCN1.C=C1NCCCN1.C=C1NCCCNN1.C=S1CCCCCC1. The molecule has 0 unspecified atom stereocenters. The Labute approximate surface area is 193 Å². The van der Waals surface area contributed by atoms with Crippen molar-refractivity contribution in [2.45, 2.75) is 51.4 Å². The smallest absolute Gasteiger partial charge is 0.106 e. The molecule has 0 atom stereocenters. The Balaban J connectivity index is 0.000000207. The predicted octanol–water partition coefficient (Wildman–Crippen LogP) is 2.28. The Morgan fingerprint density at radius 2 is 0.903 bits per heavy atom. The average molecular weight is 454 g/mol. The second kappa shape index (κ2) is 18.9. The number of rotatable bonds is 0. The first-order valence-electron chi connectivity index (χ1n) is 11.8. The fourth-order valence-electron chi connectivity index (χ4n) is 3.12. The van der Waals surface area contributed by atoms with Crippen LogP contribution in [0.1, 0.15) is 51.4 Å². The van der Waals surface area contributed by atoms with Gasteiger partial charge in [0.15, 0.2) is 0 Å². The number of nitrogens with one attached hydrogen (secondary N) is 7. The van der Waals surface area contributed by atoms with E-state index in [1.54, 1.807) is 0 Å². The largest absolute Gasteiger partial charge is 0.372 e. The van der Waals surface area contributed by atoms with Crippen molar-refractivity contribution in [1.29, 1.82) is 0 Å². The highest BCUT2D eigenvalue weighted by Gasteiger charge is 1.99. The maximum Gasteiger partial charge on any atom is 0.106 e. The zero-order chi connectivity index (χ0) is 22.6. The highest BCUT2D eigenvalue weighted by atomic mass is 32.2. The van der Waals surface area contributed by atoms with Gasteiger partial charge in [0.2, 0.25) is 0 Å². The Bertz CT molecular complexity index is 441. The first-order valence-corrected chi connectivity index (χ1v) is 13.5. The molecule has 0 aromatic rings. The first-order chi connectivity index (χ1) is 15.1. The van der Waals surface area contributed by atoms with E-state index in [2.05, 4.69) is 63.0 Å². The maximum absolute atomic E-state index is 4.09. The van der Waals surface area contributed by atoms with E-state index >= 15 is 0 Å². The summed E-state index contributed by atoms with van der Waals surface area (Å²) >= 11 is 0. The third-order valence-corrected chi connectivity index (χ3v) is 6.71. The van der Waals surface area contributed by atoms with Gasteiger partial charge in [-0.15, -0.1) is 0 Å². The molecular weight excluding hydrogens is 406 g/mol. The molecule has 180 valence electrons. The van der Waals surface area contributed by atoms with E-state index < -0.39 is 0 Å². The molecule has 4 fully saturated rings. The molecule has 0 radical (unpaired) electrons. The molecule has 7 nitrogen and oxygen atoms in total. The molecule has 4 aliphatic rings. The Morgan fingerprint density at radius 1 is 0.484 bits per heavy atom. The summed E-state index contributed by atoms with van der Waals surface area (Å²) in [4.78, 5) is 0. The molecule has 0 amide bonds. The van der Waals surface area contributed by atoms with Crippen LogP contribution in [-0.2, 0) is 0 Å². The van der Waals surface area contributed by atoms with Gasteiger partial charge in [-0.1, -0.05) is 38.4 Å². The molecule has 0 saturated carbocycles. The molecule has 7 N–H and O–H groups in total. The lowest BCUT2D eigenvalue weighted by Crippen LogP contribution is -2.34. The Hall–Kier alpha value is -1.80. The topological polar surface area (TPSA) is 84.2 Å². The minimum Gasteiger partial charge on any atom is -0.372 e. The van der Waals surface area contributed by atoms with Gasteiger partial charge in [-0.2, -0.15) is 10.5 Å². The lowest BCUT2D eigenvalue weighted by atomic mass is 10.2. The van der Waals surface area contributed by atoms with Crippen LogP contribution in [0.2, 0.25) is 0 Å². The lowest BCUT2D eigenvalue weighted by Gasteiger charge is -2.16. The molecule has 4 rings (SSSR count). The molecule has 8 heteroatoms. The molecular formula is C23H47N7S. The van der Waals surface area contributed by atoms with E-state index in [0.717, 1.165) is 63.2 Å². The fourth-order valence-corrected chi connectivity index (χ4v) is 4.55. The Morgan fingerprint density at radius 3 is 1.42 bits per heavy atom. The zero-order valence-electron chi connectivity index (χ0n) is 19.6. The van der Waals surface area contributed by atoms with Gasteiger partial charge in [-0.3, -0.25) is 0 Å². The van der Waals surface area contributed by atoms with Gasteiger partial charge in [0.25, 0.3) is 0 Å². The van der Waals surface area contributed by atoms with Crippen LogP contribution >= 0.6 is 10.5 Å². The third kappa shape index (κ3) is 17.6. The molecule has 0 aliphatic carbocycles. The van der Waals surface area contributed by atoms with E-state index in [9.17, 15) is 0 Å². The monoisotopic (exact) mass is 453 g/mol. The maximum atomic E-state index is 4.09. The fraction of sp³-hybridized carbons (Fsp3) is 0.696. The van der Waals surface area contributed by atoms with Crippen molar-refractivity contribution in [2.75, 3.05) is 50.8 Å². The second-order valence-corrected chi connectivity index (χ2v) is 10.0. The van der Waals surface area contributed by atoms with Gasteiger partial charge in [-0.05, 0) is 50.0 Å². The van der Waals surface area contributed by atoms with Crippen molar-refractivity contribution in [3.8, 4) is 0 Å². The van der Waals surface area contributed by atoms with Gasteiger partial charge < -0.3 is 32.0 Å². The van der Waals surface area contributed by atoms with Crippen LogP contribution in [-0.4, -0.2) is 56.6 Å². The van der Waals surface area contributed by atoms with E-state index in [0.29, 0.717) is 10.5 Å². The van der Waals surface area contributed by atoms with E-state index in [4.69, 9.17) is 0 Å². The van der Waals surface area contributed by atoms with Gasteiger partial charge >= 0.3 is 0 Å². The van der Waals surface area contributed by atoms with E-state index in [1.807, 2.05) is 0 Å². The highest BCUT2D eigenvalue weighted by molar-refractivity contribution is 8.14. The number of hydrogen-bond acceptors (Lipinski definition) is 7. The van der Waals surface area contributed by atoms with Crippen LogP contribution < -0.4 is 37.4 Å². The standard InChI is InChI=1S/C7H14S.C6H12N2.C5H11N3.C5H10N2/c1-8-6-4-2-3-5-7-8;1-6-7-4-2-3-5-8-6;1-5-6-3-2-4-7-8-5;1-5-6-3-2-4-7-5/h1-7H2;7-8H,1-5H2;6-8H,1-4H2;6-7H,1-4H2. The van der Waals surface area contributed by atoms with Gasteiger partial charge in [0.1, 0.15) is 5.82 Å². The van der Waals surface area contributed by atoms with Crippen LogP contribution in [0, 0.1) is 0 Å². The van der Waals surface area contributed by atoms with Gasteiger partial charge in [0.05, 0.1) is 11.6 Å². The number of hydrazine groups is 1. The van der Waals surface area contributed by atoms with Crippen molar-refractivity contribution in [2.24, 2.45) is 0 Å². The minimum atomic E-state index is 0.542. The first kappa shape index (κ1) is 27.2. The van der Waals surface area contributed by atoms with Crippen molar-refractivity contribution < 1.29 is 0 Å². The summed E-state index contributed by atoms with van der Waals surface area (Å²) in [6.45, 7) is 17.5. The summed E-state index contributed by atoms with van der Waals surface area (Å²) in [5.74, 6) is 9.69. The van der Waals surface area contributed by atoms with Crippen LogP contribution in [0.25, 0.3) is 0 Å². The summed E-state index contributed by atoms with van der Waals surface area (Å²) in [6.07, 6.45) is 10.7. The average Bonchev–Trinajstić information content (AvgIpc) is 3.26. The quantitative estimate of drug-likeness (QED) is 0.283. The Kier molecular flexibility index (Phi) is 16.6. The van der Waals surface area contributed by atoms with Crippen molar-refractivity contribution in [1.82, 2.24) is 37.4 Å². The zero-order valence-corrected chi connectivity index (χ0v) is 20.4. The summed E-state index contributed by atoms with van der Waals surface area (Å²) < 4.78 is 0. The normalized spacial score (nSPS) is 21.7. The molecule has 0 aromatic heterocycles. The summed E-state index contributed by atoms with van der Waals surface area (Å²) in [6, 6.07) is 0. The van der Waals surface area contributed by atoms with E-state index in [-0.39, 0.29) is 0 Å². The van der Waals surface area contributed by atoms with Crippen LogP contribution in [0.5, 0.6) is 0 Å². The third-order valence-electron chi connectivity index (χ3n) is 4.98.